The van der Waals surface area contributed by atoms with E-state index in [-0.39, 0.29) is 5.91 Å². The molecule has 1 unspecified atom stereocenters. The second-order valence-corrected chi connectivity index (χ2v) is 5.51. The van der Waals surface area contributed by atoms with E-state index in [0.717, 1.165) is 11.1 Å². The Kier molecular flexibility index (Phi) is 7.10. The summed E-state index contributed by atoms with van der Waals surface area (Å²) in [6.07, 6.45) is 4.21. The van der Waals surface area contributed by atoms with Crippen LogP contribution in [0.4, 0.5) is 0 Å². The van der Waals surface area contributed by atoms with Crippen molar-refractivity contribution in [3.63, 3.8) is 0 Å². The van der Waals surface area contributed by atoms with E-state index < -0.39 is 12.0 Å². The molecule has 0 spiro atoms. The molecular weight excluding hydrogens is 318 g/mol. The summed E-state index contributed by atoms with van der Waals surface area (Å²) in [5, 5.41) is 6.09. The van der Waals surface area contributed by atoms with E-state index in [9.17, 15) is 9.59 Å². The Bertz CT molecular complexity index is 704. The smallest absolute Gasteiger partial charge is 0.337 e. The number of rotatable bonds is 8. The highest BCUT2D eigenvalue weighted by Gasteiger charge is 2.20. The van der Waals surface area contributed by atoms with E-state index >= 15 is 0 Å². The molecular formula is C19H23N3O3. The number of likely N-dealkylation sites (N-methyl/N-ethyl adjacent to an activating group) is 1. The second kappa shape index (κ2) is 9.54. The molecule has 1 atom stereocenters. The number of ether oxygens (including phenoxy) is 1. The van der Waals surface area contributed by atoms with Gasteiger partial charge in [0.05, 0.1) is 12.7 Å². The number of pyridine rings is 1. The number of hydrogen-bond acceptors (Lipinski definition) is 5. The van der Waals surface area contributed by atoms with Gasteiger partial charge in [-0.05, 0) is 42.3 Å². The van der Waals surface area contributed by atoms with E-state index in [0.29, 0.717) is 25.1 Å². The van der Waals surface area contributed by atoms with E-state index in [1.54, 1.807) is 30.6 Å². The Hall–Kier alpha value is -2.73. The van der Waals surface area contributed by atoms with Crippen molar-refractivity contribution in [2.24, 2.45) is 0 Å². The molecule has 6 heteroatoms. The number of hydrogen-bond donors (Lipinski definition) is 2. The molecule has 1 amide bonds. The Morgan fingerprint density at radius 2 is 2.08 bits per heavy atom. The average Bonchev–Trinajstić information content (AvgIpc) is 2.66. The number of carbonyl (C=O) groups is 2. The zero-order chi connectivity index (χ0) is 18.1. The van der Waals surface area contributed by atoms with Crippen molar-refractivity contribution in [1.29, 1.82) is 0 Å². The number of nitrogens with zero attached hydrogens (tertiary/aromatic N) is 1. The molecule has 0 fully saturated rings. The molecule has 1 aromatic carbocycles. The maximum atomic E-state index is 12.6. The van der Waals surface area contributed by atoms with Gasteiger partial charge < -0.3 is 15.4 Å². The van der Waals surface area contributed by atoms with Crippen molar-refractivity contribution in [3.8, 4) is 0 Å². The van der Waals surface area contributed by atoms with Gasteiger partial charge in [-0.2, -0.15) is 0 Å². The van der Waals surface area contributed by atoms with Gasteiger partial charge in [-0.15, -0.1) is 0 Å². The molecule has 0 aliphatic rings. The van der Waals surface area contributed by atoms with Crippen molar-refractivity contribution >= 4 is 11.9 Å². The van der Waals surface area contributed by atoms with Gasteiger partial charge >= 0.3 is 5.97 Å². The van der Waals surface area contributed by atoms with Crippen LogP contribution < -0.4 is 10.6 Å². The lowest BCUT2D eigenvalue weighted by molar-refractivity contribution is -0.123. The summed E-state index contributed by atoms with van der Waals surface area (Å²) in [7, 11) is 1.34. The number of amides is 1. The highest BCUT2D eigenvalue weighted by Crippen LogP contribution is 2.16. The molecule has 0 saturated heterocycles. The fraction of sp³-hybridized carbons (Fsp3) is 0.316. The zero-order valence-corrected chi connectivity index (χ0v) is 14.5. The Labute approximate surface area is 147 Å². The van der Waals surface area contributed by atoms with Crippen LogP contribution in [-0.2, 0) is 16.0 Å². The molecule has 6 nitrogen and oxygen atoms in total. The van der Waals surface area contributed by atoms with Crippen molar-refractivity contribution in [2.75, 3.05) is 20.2 Å². The van der Waals surface area contributed by atoms with E-state index in [4.69, 9.17) is 4.74 Å². The van der Waals surface area contributed by atoms with Gasteiger partial charge in [-0.1, -0.05) is 25.1 Å². The maximum absolute atomic E-state index is 12.6. The Morgan fingerprint density at radius 3 is 2.76 bits per heavy atom. The van der Waals surface area contributed by atoms with Crippen LogP contribution in [0.3, 0.4) is 0 Å². The summed E-state index contributed by atoms with van der Waals surface area (Å²) in [5.74, 6) is -0.554. The summed E-state index contributed by atoms with van der Waals surface area (Å²) < 4.78 is 4.74. The van der Waals surface area contributed by atoms with Gasteiger partial charge in [0, 0.05) is 18.9 Å². The lowest BCUT2D eigenvalue weighted by Gasteiger charge is -2.18. The monoisotopic (exact) mass is 341 g/mol. The van der Waals surface area contributed by atoms with Gasteiger partial charge in [0.15, 0.2) is 0 Å². The fourth-order valence-electron chi connectivity index (χ4n) is 2.51. The molecule has 0 saturated carbocycles. The number of esters is 1. The summed E-state index contributed by atoms with van der Waals surface area (Å²) in [5.41, 5.74) is 2.21. The first kappa shape index (κ1) is 18.6. The van der Waals surface area contributed by atoms with Crippen LogP contribution in [0.2, 0.25) is 0 Å². The number of aromatic nitrogens is 1. The quantitative estimate of drug-likeness (QED) is 0.717. The van der Waals surface area contributed by atoms with Crippen molar-refractivity contribution in [2.45, 2.75) is 19.4 Å². The van der Waals surface area contributed by atoms with E-state index in [2.05, 4.69) is 15.6 Å². The molecule has 0 aliphatic carbocycles. The summed E-state index contributed by atoms with van der Waals surface area (Å²) in [6.45, 7) is 3.08. The normalized spacial score (nSPS) is 11.6. The Morgan fingerprint density at radius 1 is 1.24 bits per heavy atom. The van der Waals surface area contributed by atoms with Crippen molar-refractivity contribution in [3.05, 3.63) is 65.5 Å². The van der Waals surface area contributed by atoms with E-state index in [1.165, 1.54) is 7.11 Å². The highest BCUT2D eigenvalue weighted by molar-refractivity contribution is 5.90. The maximum Gasteiger partial charge on any atom is 0.337 e. The molecule has 1 aromatic heterocycles. The predicted octanol–water partition coefficient (Wildman–Crippen LogP) is 1.88. The molecule has 2 aromatic rings. The molecule has 1 heterocycles. The lowest BCUT2D eigenvalue weighted by Crippen LogP contribution is -2.38. The van der Waals surface area contributed by atoms with Crippen molar-refractivity contribution in [1.82, 2.24) is 15.6 Å². The summed E-state index contributed by atoms with van der Waals surface area (Å²) >= 11 is 0. The van der Waals surface area contributed by atoms with Gasteiger partial charge in [0.25, 0.3) is 0 Å². The van der Waals surface area contributed by atoms with Crippen LogP contribution >= 0.6 is 0 Å². The number of benzene rings is 1. The third-order valence-electron chi connectivity index (χ3n) is 3.75. The van der Waals surface area contributed by atoms with Gasteiger partial charge in [0.1, 0.15) is 6.04 Å². The SMILES string of the molecule is CCNC(C(=O)NCCc1cccnc1)c1cccc(C(=O)OC)c1. The highest BCUT2D eigenvalue weighted by atomic mass is 16.5. The average molecular weight is 341 g/mol. The minimum Gasteiger partial charge on any atom is -0.465 e. The first-order valence-corrected chi connectivity index (χ1v) is 8.24. The molecule has 0 aliphatic heterocycles. The largest absolute Gasteiger partial charge is 0.465 e. The fourth-order valence-corrected chi connectivity index (χ4v) is 2.51. The lowest BCUT2D eigenvalue weighted by atomic mass is 10.0. The molecule has 0 bridgehead atoms. The zero-order valence-electron chi connectivity index (χ0n) is 14.5. The Balaban J connectivity index is 2.03. The van der Waals surface area contributed by atoms with Crippen LogP contribution in [0, 0.1) is 0 Å². The molecule has 2 rings (SSSR count). The summed E-state index contributed by atoms with van der Waals surface area (Å²) in [4.78, 5) is 28.3. The van der Waals surface area contributed by atoms with Crippen LogP contribution in [0.5, 0.6) is 0 Å². The van der Waals surface area contributed by atoms with E-state index in [1.807, 2.05) is 25.1 Å². The van der Waals surface area contributed by atoms with Crippen LogP contribution in [0.25, 0.3) is 0 Å². The minimum absolute atomic E-state index is 0.132. The topological polar surface area (TPSA) is 80.3 Å². The molecule has 25 heavy (non-hydrogen) atoms. The molecule has 2 N–H and O–H groups in total. The third kappa shape index (κ3) is 5.39. The predicted molar refractivity (Wildman–Crippen MR) is 95.1 cm³/mol. The number of carbonyl (C=O) groups excluding carboxylic acids is 2. The number of nitrogens with one attached hydrogen (secondary N) is 2. The van der Waals surface area contributed by atoms with Crippen LogP contribution in [0.1, 0.15) is 34.5 Å². The van der Waals surface area contributed by atoms with Crippen LogP contribution in [0.15, 0.2) is 48.8 Å². The van der Waals surface area contributed by atoms with Gasteiger partial charge in [-0.3, -0.25) is 9.78 Å². The summed E-state index contributed by atoms with van der Waals surface area (Å²) in [6, 6.07) is 10.2. The third-order valence-corrected chi connectivity index (χ3v) is 3.75. The minimum atomic E-state index is -0.525. The molecule has 0 radical (unpaired) electrons. The molecule has 132 valence electrons. The standard InChI is InChI=1S/C19H23N3O3/c1-3-21-17(15-7-4-8-16(12-15)19(24)25-2)18(23)22-11-9-14-6-5-10-20-13-14/h4-8,10,12-13,17,21H,3,9,11H2,1-2H3,(H,22,23). The second-order valence-electron chi connectivity index (χ2n) is 5.51. The van der Waals surface area contributed by atoms with Gasteiger partial charge in [0.2, 0.25) is 5.91 Å². The van der Waals surface area contributed by atoms with Crippen molar-refractivity contribution < 1.29 is 14.3 Å². The first-order valence-electron chi connectivity index (χ1n) is 8.24. The first-order chi connectivity index (χ1) is 12.2. The number of methoxy groups -OCH3 is 1. The van der Waals surface area contributed by atoms with Gasteiger partial charge in [-0.25, -0.2) is 4.79 Å². The van der Waals surface area contributed by atoms with Crippen LogP contribution in [-0.4, -0.2) is 37.1 Å².